The molecule has 86 valence electrons. The Labute approximate surface area is 99.2 Å². The Balaban J connectivity index is 1.73. The molecule has 1 aromatic heterocycles. The maximum Gasteiger partial charge on any atom is 0.254 e. The number of nitrogens with two attached hydrogens (primary N) is 1. The van der Waals surface area contributed by atoms with E-state index in [0.29, 0.717) is 17.9 Å². The number of hydrogen-bond acceptors (Lipinski definition) is 3. The minimum Gasteiger partial charge on any atom is -0.338 e. The minimum atomic E-state index is 0.183. The average molecular weight is 236 g/mol. The molecule has 0 radical (unpaired) electrons. The van der Waals surface area contributed by atoms with Crippen LogP contribution >= 0.6 is 11.3 Å². The van der Waals surface area contributed by atoms with Gasteiger partial charge in [0.2, 0.25) is 0 Å². The largest absolute Gasteiger partial charge is 0.338 e. The van der Waals surface area contributed by atoms with Gasteiger partial charge in [0.05, 0.1) is 5.56 Å². The summed E-state index contributed by atoms with van der Waals surface area (Å²) < 4.78 is 0. The van der Waals surface area contributed by atoms with Gasteiger partial charge in [-0.3, -0.25) is 4.79 Å². The van der Waals surface area contributed by atoms with Crippen molar-refractivity contribution in [3.05, 3.63) is 22.4 Å². The first-order valence-electron chi connectivity index (χ1n) is 5.83. The van der Waals surface area contributed by atoms with Crippen molar-refractivity contribution in [2.45, 2.75) is 18.9 Å². The molecule has 1 saturated heterocycles. The van der Waals surface area contributed by atoms with Crippen LogP contribution in [0.2, 0.25) is 0 Å². The summed E-state index contributed by atoms with van der Waals surface area (Å²) in [5.41, 5.74) is 6.90. The van der Waals surface area contributed by atoms with Gasteiger partial charge in [-0.2, -0.15) is 11.3 Å². The van der Waals surface area contributed by atoms with Crippen LogP contribution < -0.4 is 5.73 Å². The predicted molar refractivity (Wildman–Crippen MR) is 64.4 cm³/mol. The molecule has 16 heavy (non-hydrogen) atoms. The highest BCUT2D eigenvalue weighted by Gasteiger charge is 2.42. The summed E-state index contributed by atoms with van der Waals surface area (Å²) in [6, 6.07) is 2.21. The number of rotatable bonds is 1. The lowest BCUT2D eigenvalue weighted by molar-refractivity contribution is 0.0780. The molecule has 2 heterocycles. The maximum absolute atomic E-state index is 12.1. The highest BCUT2D eigenvalue weighted by atomic mass is 32.1. The second-order valence-corrected chi connectivity index (χ2v) is 5.67. The SMILES string of the molecule is N[C@@H]1CC[C@@H]2CN(C(=O)c3ccsc3)C[C@@H]21. The fraction of sp³-hybridized carbons (Fsp3) is 0.583. The van der Waals surface area contributed by atoms with Gasteiger partial charge in [0, 0.05) is 24.5 Å². The molecule has 1 aliphatic carbocycles. The molecule has 1 amide bonds. The highest BCUT2D eigenvalue weighted by molar-refractivity contribution is 7.08. The summed E-state index contributed by atoms with van der Waals surface area (Å²) >= 11 is 1.58. The quantitative estimate of drug-likeness (QED) is 0.804. The number of carbonyl (C=O) groups is 1. The van der Waals surface area contributed by atoms with Gasteiger partial charge in [0.1, 0.15) is 0 Å². The van der Waals surface area contributed by atoms with Crippen molar-refractivity contribution >= 4 is 17.2 Å². The number of amides is 1. The van der Waals surface area contributed by atoms with E-state index < -0.39 is 0 Å². The van der Waals surface area contributed by atoms with Gasteiger partial charge in [0.25, 0.3) is 5.91 Å². The van der Waals surface area contributed by atoms with E-state index in [4.69, 9.17) is 5.73 Å². The van der Waals surface area contributed by atoms with E-state index in [2.05, 4.69) is 0 Å². The maximum atomic E-state index is 12.1. The standard InChI is InChI=1S/C12H16N2OS/c13-11-2-1-8-5-14(6-10(8)11)12(15)9-3-4-16-7-9/h3-4,7-8,10-11H,1-2,5-6,13H2/t8-,10+,11-/m1/s1. The minimum absolute atomic E-state index is 0.183. The van der Waals surface area contributed by atoms with Crippen LogP contribution in [0.15, 0.2) is 16.8 Å². The second-order valence-electron chi connectivity index (χ2n) is 4.89. The van der Waals surface area contributed by atoms with Crippen LogP contribution in [-0.2, 0) is 0 Å². The fourth-order valence-electron chi connectivity index (χ4n) is 3.04. The van der Waals surface area contributed by atoms with Gasteiger partial charge in [-0.25, -0.2) is 0 Å². The van der Waals surface area contributed by atoms with Crippen LogP contribution in [0.4, 0.5) is 0 Å². The Morgan fingerprint density at radius 2 is 2.31 bits per heavy atom. The number of hydrogen-bond donors (Lipinski definition) is 1. The molecular formula is C12H16N2OS. The van der Waals surface area contributed by atoms with Crippen LogP contribution in [0.1, 0.15) is 23.2 Å². The first-order valence-corrected chi connectivity index (χ1v) is 6.77. The van der Waals surface area contributed by atoms with Crippen molar-refractivity contribution in [1.82, 2.24) is 4.90 Å². The van der Waals surface area contributed by atoms with Crippen LogP contribution in [-0.4, -0.2) is 29.9 Å². The number of fused-ring (bicyclic) bond motifs is 1. The molecule has 3 nitrogen and oxygen atoms in total. The summed E-state index contributed by atoms with van der Waals surface area (Å²) in [4.78, 5) is 14.1. The van der Waals surface area contributed by atoms with Gasteiger partial charge in [-0.15, -0.1) is 0 Å². The third-order valence-electron chi connectivity index (χ3n) is 3.97. The lowest BCUT2D eigenvalue weighted by Crippen LogP contribution is -2.33. The third kappa shape index (κ3) is 1.57. The highest BCUT2D eigenvalue weighted by Crippen LogP contribution is 2.37. The number of carbonyl (C=O) groups excluding carboxylic acids is 1. The van der Waals surface area contributed by atoms with E-state index in [0.717, 1.165) is 25.1 Å². The van der Waals surface area contributed by atoms with Crippen molar-refractivity contribution in [3.8, 4) is 0 Å². The molecule has 3 atom stereocenters. The zero-order valence-corrected chi connectivity index (χ0v) is 9.95. The molecular weight excluding hydrogens is 220 g/mol. The monoisotopic (exact) mass is 236 g/mol. The first kappa shape index (κ1) is 10.3. The molecule has 0 aromatic carbocycles. The summed E-state index contributed by atoms with van der Waals surface area (Å²) in [6.45, 7) is 1.77. The van der Waals surface area contributed by atoms with E-state index in [-0.39, 0.29) is 5.91 Å². The van der Waals surface area contributed by atoms with Crippen LogP contribution in [0.5, 0.6) is 0 Å². The van der Waals surface area contributed by atoms with Crippen LogP contribution in [0.25, 0.3) is 0 Å². The van der Waals surface area contributed by atoms with Crippen LogP contribution in [0, 0.1) is 11.8 Å². The molecule has 2 aliphatic rings. The third-order valence-corrected chi connectivity index (χ3v) is 4.65. The molecule has 0 unspecified atom stereocenters. The lowest BCUT2D eigenvalue weighted by Gasteiger charge is -2.18. The Hall–Kier alpha value is -0.870. The zero-order chi connectivity index (χ0) is 11.1. The van der Waals surface area contributed by atoms with E-state index in [1.165, 1.54) is 6.42 Å². The molecule has 2 N–H and O–H groups in total. The second kappa shape index (κ2) is 3.86. The Kier molecular flexibility index (Phi) is 2.48. The van der Waals surface area contributed by atoms with Gasteiger partial charge in [-0.05, 0) is 36.1 Å². The molecule has 1 aliphatic heterocycles. The topological polar surface area (TPSA) is 46.3 Å². The van der Waals surface area contributed by atoms with Crippen LogP contribution in [0.3, 0.4) is 0 Å². The van der Waals surface area contributed by atoms with Gasteiger partial charge < -0.3 is 10.6 Å². The van der Waals surface area contributed by atoms with Gasteiger partial charge >= 0.3 is 0 Å². The summed E-state index contributed by atoms with van der Waals surface area (Å²) in [5.74, 6) is 1.38. The van der Waals surface area contributed by atoms with Crippen molar-refractivity contribution < 1.29 is 4.79 Å². The predicted octanol–water partition coefficient (Wildman–Crippen LogP) is 1.56. The molecule has 3 rings (SSSR count). The normalized spacial score (nSPS) is 33.1. The summed E-state index contributed by atoms with van der Waals surface area (Å²) in [6.07, 6.45) is 2.33. The van der Waals surface area contributed by atoms with Gasteiger partial charge in [-0.1, -0.05) is 0 Å². The number of thiophene rings is 1. The van der Waals surface area contributed by atoms with Crippen molar-refractivity contribution in [2.24, 2.45) is 17.6 Å². The Morgan fingerprint density at radius 1 is 1.44 bits per heavy atom. The number of nitrogens with zero attached hydrogens (tertiary/aromatic N) is 1. The fourth-order valence-corrected chi connectivity index (χ4v) is 3.67. The Bertz CT molecular complexity index is 390. The summed E-state index contributed by atoms with van der Waals surface area (Å²) in [7, 11) is 0. The molecule has 4 heteroatoms. The van der Waals surface area contributed by atoms with E-state index in [1.807, 2.05) is 21.7 Å². The molecule has 1 saturated carbocycles. The lowest BCUT2D eigenvalue weighted by atomic mass is 9.98. The molecule has 1 aromatic rings. The zero-order valence-electron chi connectivity index (χ0n) is 9.13. The van der Waals surface area contributed by atoms with E-state index >= 15 is 0 Å². The smallest absolute Gasteiger partial charge is 0.254 e. The van der Waals surface area contributed by atoms with E-state index in [9.17, 15) is 4.79 Å². The first-order chi connectivity index (χ1) is 7.75. The van der Waals surface area contributed by atoms with E-state index in [1.54, 1.807) is 11.3 Å². The van der Waals surface area contributed by atoms with Crippen molar-refractivity contribution in [2.75, 3.05) is 13.1 Å². The number of likely N-dealkylation sites (tertiary alicyclic amines) is 1. The average Bonchev–Trinajstić information content (AvgIpc) is 2.96. The molecule has 0 bridgehead atoms. The summed E-state index contributed by atoms with van der Waals surface area (Å²) in [5, 5.41) is 3.88. The van der Waals surface area contributed by atoms with Gasteiger partial charge in [0.15, 0.2) is 0 Å². The molecule has 2 fully saturated rings. The molecule has 0 spiro atoms. The Morgan fingerprint density at radius 3 is 3.00 bits per heavy atom. The van der Waals surface area contributed by atoms with Crippen molar-refractivity contribution in [1.29, 1.82) is 0 Å². The van der Waals surface area contributed by atoms with Crippen molar-refractivity contribution in [3.63, 3.8) is 0 Å².